The number of nitrogens with zero attached hydrogens (tertiary/aromatic N) is 2. The molecule has 6 nitrogen and oxygen atoms in total. The molecule has 2 aliphatic heterocycles. The Kier molecular flexibility index (Phi) is 10.4. The molecule has 0 bridgehead atoms. The number of unbranched alkanes of at least 4 members (excludes halogenated alkanes) is 4. The molecule has 0 saturated heterocycles. The van der Waals surface area contributed by atoms with Crippen LogP contribution in [0, 0.1) is 9.85 Å². The third-order valence-corrected chi connectivity index (χ3v) is 6.38. The van der Waals surface area contributed by atoms with Gasteiger partial charge in [-0.05, 0) is 67.2 Å². The zero-order valence-electron chi connectivity index (χ0n) is 20.3. The Hall–Kier alpha value is -3.25. The van der Waals surface area contributed by atoms with Crippen LogP contribution in [-0.2, 0) is 0 Å². The predicted molar refractivity (Wildman–Crippen MR) is 148 cm³/mol. The molecule has 0 unspecified atom stereocenters. The van der Waals surface area contributed by atoms with Gasteiger partial charge in [0.05, 0.1) is 22.3 Å². The van der Waals surface area contributed by atoms with E-state index in [1.165, 1.54) is 9.80 Å². The molecule has 2 aliphatic rings. The molecule has 36 heavy (non-hydrogen) atoms. The van der Waals surface area contributed by atoms with Crippen LogP contribution < -0.4 is 0 Å². The fourth-order valence-corrected chi connectivity index (χ4v) is 4.38. The Labute approximate surface area is 225 Å². The van der Waals surface area contributed by atoms with E-state index in [2.05, 4.69) is 15.9 Å². The molecule has 0 radical (unpaired) electrons. The van der Waals surface area contributed by atoms with Crippen LogP contribution in [0.1, 0.15) is 86.9 Å². The van der Waals surface area contributed by atoms with Gasteiger partial charge in [-0.2, -0.15) is 0 Å². The number of halogens is 1. The molecule has 0 aromatic heterocycles. The van der Waals surface area contributed by atoms with Gasteiger partial charge >= 0.3 is 0 Å². The topological polar surface area (TPSA) is 74.8 Å². The van der Waals surface area contributed by atoms with Gasteiger partial charge in [0, 0.05) is 42.1 Å². The summed E-state index contributed by atoms with van der Waals surface area (Å²) in [5, 5.41) is 0. The molecule has 0 N–H and O–H groups in total. The maximum absolute atomic E-state index is 12.0. The van der Waals surface area contributed by atoms with Crippen molar-refractivity contribution in [2.24, 2.45) is 0 Å². The molecule has 0 saturated carbocycles. The summed E-state index contributed by atoms with van der Waals surface area (Å²) in [6.45, 7) is 2.99. The van der Waals surface area contributed by atoms with E-state index in [9.17, 15) is 19.2 Å². The molecule has 2 heterocycles. The fraction of sp³-hybridized carbons (Fsp3) is 0.310. The first-order chi connectivity index (χ1) is 17.5. The van der Waals surface area contributed by atoms with Crippen molar-refractivity contribution in [3.05, 3.63) is 82.9 Å². The Morgan fingerprint density at radius 1 is 0.694 bits per heavy atom. The Morgan fingerprint density at radius 2 is 1.11 bits per heavy atom. The van der Waals surface area contributed by atoms with Crippen LogP contribution in [0.15, 0.2) is 60.7 Å². The normalized spacial score (nSPS) is 13.9. The Balaban J connectivity index is 0.000000201. The number of amides is 4. The monoisotopic (exact) mass is 596 g/mol. The molecular weight excluding hydrogens is 567 g/mol. The van der Waals surface area contributed by atoms with E-state index in [4.69, 9.17) is 0 Å². The molecule has 0 atom stereocenters. The highest BCUT2D eigenvalue weighted by molar-refractivity contribution is 14.1. The highest BCUT2D eigenvalue weighted by atomic mass is 127. The molecule has 4 rings (SSSR count). The van der Waals surface area contributed by atoms with Crippen LogP contribution in [0.3, 0.4) is 0 Å². The molecule has 4 amide bonds. The van der Waals surface area contributed by atoms with Crippen molar-refractivity contribution >= 4 is 46.2 Å². The highest BCUT2D eigenvalue weighted by Gasteiger charge is 2.35. The standard InChI is InChI=1S/C15H17NO2.C14H12INO2/c1-2-3-4-5-8-11-16-14(17)12-9-6-7-10-13(12)15(16)18;15-9-5-1-2-6-10-16-13(17)11-7-3-4-8-12(11)14(16)18/h2-3,6-7,9-10H,4-5,8,11H2,1H3;3-4,7-8H,1-2,6,10H2/b3-2-;. The van der Waals surface area contributed by atoms with Crippen LogP contribution in [0.5, 0.6) is 0 Å². The van der Waals surface area contributed by atoms with Gasteiger partial charge in [0.25, 0.3) is 23.6 Å². The Morgan fingerprint density at radius 3 is 1.50 bits per heavy atom. The SMILES string of the molecule is C/C=C\CCCCN1C(=O)c2ccccc2C1=O.O=C1c2ccccc2C(=O)N1CCCCC#CI. The quantitative estimate of drug-likeness (QED) is 0.119. The smallest absolute Gasteiger partial charge is 0.261 e. The van der Waals surface area contributed by atoms with Crippen molar-refractivity contribution in [3.8, 4) is 9.85 Å². The summed E-state index contributed by atoms with van der Waals surface area (Å²) in [6, 6.07) is 14.0. The van der Waals surface area contributed by atoms with Gasteiger partial charge in [-0.1, -0.05) is 42.3 Å². The highest BCUT2D eigenvalue weighted by Crippen LogP contribution is 2.23. The van der Waals surface area contributed by atoms with Gasteiger partial charge in [0.2, 0.25) is 0 Å². The van der Waals surface area contributed by atoms with Crippen LogP contribution in [0.25, 0.3) is 0 Å². The first-order valence-electron chi connectivity index (χ1n) is 12.1. The minimum Gasteiger partial charge on any atom is -0.274 e. The first kappa shape index (κ1) is 27.3. The molecule has 0 fully saturated rings. The average molecular weight is 596 g/mol. The average Bonchev–Trinajstić information content (AvgIpc) is 3.29. The molecule has 0 spiro atoms. The van der Waals surface area contributed by atoms with Crippen molar-refractivity contribution < 1.29 is 19.2 Å². The Bertz CT molecular complexity index is 1160. The first-order valence-corrected chi connectivity index (χ1v) is 13.2. The second kappa shape index (κ2) is 13.7. The summed E-state index contributed by atoms with van der Waals surface area (Å²) < 4.78 is 2.80. The minimum absolute atomic E-state index is 0.151. The number of carbonyl (C=O) groups is 4. The number of carbonyl (C=O) groups excluding carboxylic acids is 4. The van der Waals surface area contributed by atoms with Crippen LogP contribution in [-0.4, -0.2) is 46.5 Å². The van der Waals surface area contributed by atoms with Gasteiger partial charge in [-0.25, -0.2) is 0 Å². The number of allylic oxidation sites excluding steroid dienone is 2. The van der Waals surface area contributed by atoms with Crippen molar-refractivity contribution in [2.45, 2.75) is 45.4 Å². The molecule has 186 valence electrons. The molecular formula is C29H29IN2O4. The third-order valence-electron chi connectivity index (χ3n) is 5.99. The minimum atomic E-state index is -0.171. The van der Waals surface area contributed by atoms with E-state index in [0.29, 0.717) is 35.3 Å². The number of benzene rings is 2. The second-order valence-electron chi connectivity index (χ2n) is 8.41. The predicted octanol–water partition coefficient (Wildman–Crippen LogP) is 5.88. The van der Waals surface area contributed by atoms with Crippen molar-refractivity contribution in [1.82, 2.24) is 9.80 Å². The summed E-state index contributed by atoms with van der Waals surface area (Å²) in [4.78, 5) is 50.7. The van der Waals surface area contributed by atoms with Crippen molar-refractivity contribution in [3.63, 3.8) is 0 Å². The number of hydrogen-bond acceptors (Lipinski definition) is 4. The van der Waals surface area contributed by atoms with Crippen LogP contribution in [0.2, 0.25) is 0 Å². The molecule has 0 aliphatic carbocycles. The second-order valence-corrected chi connectivity index (χ2v) is 8.95. The summed E-state index contributed by atoms with van der Waals surface area (Å²) in [7, 11) is 0. The van der Waals surface area contributed by atoms with Crippen molar-refractivity contribution in [1.29, 1.82) is 0 Å². The summed E-state index contributed by atoms with van der Waals surface area (Å²) in [6.07, 6.45) is 9.49. The summed E-state index contributed by atoms with van der Waals surface area (Å²) in [5.41, 5.74) is 2.12. The van der Waals surface area contributed by atoms with Gasteiger partial charge in [0.1, 0.15) is 0 Å². The number of hydrogen-bond donors (Lipinski definition) is 0. The summed E-state index contributed by atoms with van der Waals surface area (Å²) >= 11 is 2.00. The lowest BCUT2D eigenvalue weighted by Crippen LogP contribution is -2.30. The van der Waals surface area contributed by atoms with Gasteiger partial charge in [-0.3, -0.25) is 29.0 Å². The third kappa shape index (κ3) is 6.49. The maximum atomic E-state index is 12.0. The number of imide groups is 2. The lowest BCUT2D eigenvalue weighted by atomic mass is 10.1. The lowest BCUT2D eigenvalue weighted by molar-refractivity contribution is 0.0636. The number of fused-ring (bicyclic) bond motifs is 2. The van der Waals surface area contributed by atoms with Crippen molar-refractivity contribution in [2.75, 3.05) is 13.1 Å². The van der Waals surface area contributed by atoms with E-state index in [1.807, 2.05) is 35.6 Å². The van der Waals surface area contributed by atoms with E-state index in [-0.39, 0.29) is 23.6 Å². The van der Waals surface area contributed by atoms with Gasteiger partial charge in [0.15, 0.2) is 0 Å². The molecule has 7 heteroatoms. The van der Waals surface area contributed by atoms with Gasteiger partial charge in [-0.15, -0.1) is 0 Å². The van der Waals surface area contributed by atoms with Gasteiger partial charge < -0.3 is 0 Å². The summed E-state index contributed by atoms with van der Waals surface area (Å²) in [5.74, 6) is 2.32. The zero-order chi connectivity index (χ0) is 25.9. The molecule has 2 aromatic carbocycles. The van der Waals surface area contributed by atoms with Crippen LogP contribution in [0.4, 0.5) is 0 Å². The molecule has 2 aromatic rings. The van der Waals surface area contributed by atoms with E-state index < -0.39 is 0 Å². The van der Waals surface area contributed by atoms with Crippen LogP contribution >= 0.6 is 22.6 Å². The fourth-order valence-electron chi connectivity index (χ4n) is 4.11. The lowest BCUT2D eigenvalue weighted by Gasteiger charge is -2.12. The van der Waals surface area contributed by atoms with E-state index >= 15 is 0 Å². The maximum Gasteiger partial charge on any atom is 0.261 e. The van der Waals surface area contributed by atoms with E-state index in [0.717, 1.165) is 38.5 Å². The zero-order valence-corrected chi connectivity index (χ0v) is 22.5. The number of rotatable bonds is 9. The largest absolute Gasteiger partial charge is 0.274 e. The van der Waals surface area contributed by atoms with E-state index in [1.54, 1.807) is 48.5 Å².